The van der Waals surface area contributed by atoms with Gasteiger partial charge in [-0.2, -0.15) is 10.5 Å². The van der Waals surface area contributed by atoms with Crippen molar-refractivity contribution in [1.82, 2.24) is 5.32 Å². The van der Waals surface area contributed by atoms with Crippen molar-refractivity contribution in [2.24, 2.45) is 0 Å². The quantitative estimate of drug-likeness (QED) is 0.931. The molecule has 2 aliphatic heterocycles. The van der Waals surface area contributed by atoms with Crippen molar-refractivity contribution in [3.8, 4) is 29.0 Å². The first-order valence-corrected chi connectivity index (χ1v) is 8.72. The van der Waals surface area contributed by atoms with Gasteiger partial charge in [0.15, 0.2) is 0 Å². The third kappa shape index (κ3) is 3.36. The van der Waals surface area contributed by atoms with Gasteiger partial charge in [0.1, 0.15) is 11.9 Å². The smallest absolute Gasteiger partial charge is 0.121 e. The minimum atomic E-state index is 0.210. The fraction of sp³-hybridized carbons (Fsp3) is 0.333. The molecule has 0 aromatic heterocycles. The van der Waals surface area contributed by atoms with Gasteiger partial charge >= 0.3 is 0 Å². The summed E-state index contributed by atoms with van der Waals surface area (Å²) in [6, 6.07) is 18.6. The standard InChI is InChI=1S/C21H19N3O/c22-12-14-1-3-16(4-2-14)17-7-15(13-23)8-20(9-17)25-21-10-18-5-6-19(11-21)24-18/h1-4,7-9,18-19,21,24H,5-6,10-11H2/t18-,19+,21-. The molecule has 4 rings (SSSR count). The summed E-state index contributed by atoms with van der Waals surface area (Å²) in [6.45, 7) is 0. The lowest BCUT2D eigenvalue weighted by atomic mass is 10.0. The van der Waals surface area contributed by atoms with Gasteiger partial charge < -0.3 is 10.1 Å². The molecule has 0 spiro atoms. The molecule has 3 atom stereocenters. The van der Waals surface area contributed by atoms with Crippen molar-refractivity contribution >= 4 is 0 Å². The van der Waals surface area contributed by atoms with Gasteiger partial charge in [-0.25, -0.2) is 0 Å². The molecular weight excluding hydrogens is 310 g/mol. The molecule has 2 saturated heterocycles. The Kier molecular flexibility index (Phi) is 4.14. The molecule has 0 amide bonds. The highest BCUT2D eigenvalue weighted by Crippen LogP contribution is 2.32. The van der Waals surface area contributed by atoms with Gasteiger partial charge in [0.25, 0.3) is 0 Å². The maximum Gasteiger partial charge on any atom is 0.121 e. The first-order valence-electron chi connectivity index (χ1n) is 8.72. The second-order valence-electron chi connectivity index (χ2n) is 6.90. The zero-order valence-electron chi connectivity index (χ0n) is 13.9. The molecule has 0 unspecified atom stereocenters. The van der Waals surface area contributed by atoms with Crippen LogP contribution < -0.4 is 10.1 Å². The molecule has 124 valence electrons. The molecule has 25 heavy (non-hydrogen) atoms. The topological polar surface area (TPSA) is 68.8 Å². The maximum absolute atomic E-state index is 9.36. The van der Waals surface area contributed by atoms with E-state index in [0.29, 0.717) is 23.2 Å². The Bertz CT molecular complexity index is 848. The lowest BCUT2D eigenvalue weighted by molar-refractivity contribution is 0.137. The van der Waals surface area contributed by atoms with E-state index in [1.54, 1.807) is 12.1 Å². The summed E-state index contributed by atoms with van der Waals surface area (Å²) in [4.78, 5) is 0. The van der Waals surface area contributed by atoms with Crippen LogP contribution in [0, 0.1) is 22.7 Å². The van der Waals surface area contributed by atoms with Gasteiger partial charge in [-0.05, 0) is 67.1 Å². The van der Waals surface area contributed by atoms with Crippen LogP contribution in [0.3, 0.4) is 0 Å². The van der Waals surface area contributed by atoms with Gasteiger partial charge in [-0.3, -0.25) is 0 Å². The number of ether oxygens (including phenoxy) is 1. The number of benzene rings is 2. The molecule has 2 aromatic rings. The van der Waals surface area contributed by atoms with Crippen LogP contribution in [0.25, 0.3) is 11.1 Å². The SMILES string of the molecule is N#Cc1ccc(-c2cc(C#N)cc(O[C@@H]3C[C@H]4CC[C@@H](C3)N4)c2)cc1. The molecule has 2 heterocycles. The summed E-state index contributed by atoms with van der Waals surface area (Å²) in [6.07, 6.45) is 4.73. The molecule has 0 radical (unpaired) electrons. The van der Waals surface area contributed by atoms with E-state index in [9.17, 15) is 5.26 Å². The minimum Gasteiger partial charge on any atom is -0.490 e. The number of fused-ring (bicyclic) bond motifs is 2. The van der Waals surface area contributed by atoms with E-state index in [4.69, 9.17) is 10.00 Å². The molecule has 2 fully saturated rings. The summed E-state index contributed by atoms with van der Waals surface area (Å²) in [5, 5.41) is 21.9. The molecule has 4 heteroatoms. The molecule has 1 N–H and O–H groups in total. The molecular formula is C21H19N3O. The number of nitrogens with one attached hydrogen (secondary N) is 1. The van der Waals surface area contributed by atoms with Crippen LogP contribution in [0.4, 0.5) is 0 Å². The first-order chi connectivity index (χ1) is 12.2. The molecule has 0 saturated carbocycles. The minimum absolute atomic E-state index is 0.210. The second-order valence-corrected chi connectivity index (χ2v) is 6.90. The lowest BCUT2D eigenvalue weighted by Gasteiger charge is -2.29. The van der Waals surface area contributed by atoms with Crippen LogP contribution in [0.1, 0.15) is 36.8 Å². The third-order valence-corrected chi connectivity index (χ3v) is 5.12. The molecule has 4 nitrogen and oxygen atoms in total. The van der Waals surface area contributed by atoms with Gasteiger partial charge in [-0.15, -0.1) is 0 Å². The Labute approximate surface area is 147 Å². The van der Waals surface area contributed by atoms with Crippen molar-refractivity contribution in [3.05, 3.63) is 53.6 Å². The third-order valence-electron chi connectivity index (χ3n) is 5.12. The van der Waals surface area contributed by atoms with Gasteiger partial charge in [0, 0.05) is 12.1 Å². The number of nitriles is 2. The van der Waals surface area contributed by atoms with Gasteiger partial charge in [-0.1, -0.05) is 12.1 Å². The summed E-state index contributed by atoms with van der Waals surface area (Å²) in [7, 11) is 0. The average molecular weight is 329 g/mol. The highest BCUT2D eigenvalue weighted by molar-refractivity contribution is 5.68. The van der Waals surface area contributed by atoms with Crippen molar-refractivity contribution in [3.63, 3.8) is 0 Å². The Hall–Kier alpha value is -2.82. The summed E-state index contributed by atoms with van der Waals surface area (Å²) in [5.41, 5.74) is 3.14. The largest absolute Gasteiger partial charge is 0.490 e. The van der Waals surface area contributed by atoms with Gasteiger partial charge in [0.2, 0.25) is 0 Å². The Balaban J connectivity index is 1.60. The fourth-order valence-electron chi connectivity index (χ4n) is 3.93. The van der Waals surface area contributed by atoms with Crippen LogP contribution in [0.5, 0.6) is 5.75 Å². The van der Waals surface area contributed by atoms with E-state index in [0.717, 1.165) is 29.7 Å². The van der Waals surface area contributed by atoms with Crippen molar-refractivity contribution < 1.29 is 4.74 Å². The Morgan fingerprint density at radius 1 is 0.840 bits per heavy atom. The highest BCUT2D eigenvalue weighted by atomic mass is 16.5. The van der Waals surface area contributed by atoms with Crippen LogP contribution in [0.2, 0.25) is 0 Å². The number of nitrogens with zero attached hydrogens (tertiary/aromatic N) is 2. The summed E-state index contributed by atoms with van der Waals surface area (Å²) < 4.78 is 6.24. The van der Waals surface area contributed by atoms with E-state index in [1.807, 2.05) is 30.3 Å². The van der Waals surface area contributed by atoms with Crippen molar-refractivity contribution in [2.45, 2.75) is 43.9 Å². The van der Waals surface area contributed by atoms with Crippen LogP contribution in [0.15, 0.2) is 42.5 Å². The number of rotatable bonds is 3. The fourth-order valence-corrected chi connectivity index (χ4v) is 3.93. The van der Waals surface area contributed by atoms with E-state index in [-0.39, 0.29) is 6.10 Å². The molecule has 2 aliphatic rings. The van der Waals surface area contributed by atoms with Crippen molar-refractivity contribution in [2.75, 3.05) is 0 Å². The highest BCUT2D eigenvalue weighted by Gasteiger charge is 2.34. The normalized spacial score (nSPS) is 24.3. The van der Waals surface area contributed by atoms with Crippen molar-refractivity contribution in [1.29, 1.82) is 10.5 Å². The average Bonchev–Trinajstić information content (AvgIpc) is 2.99. The zero-order valence-corrected chi connectivity index (χ0v) is 13.9. The molecule has 2 aromatic carbocycles. The second kappa shape index (κ2) is 6.59. The van der Waals surface area contributed by atoms with E-state index >= 15 is 0 Å². The molecule has 0 aliphatic carbocycles. The Morgan fingerprint density at radius 3 is 2.16 bits per heavy atom. The predicted molar refractivity (Wildman–Crippen MR) is 94.9 cm³/mol. The van der Waals surface area contributed by atoms with E-state index in [2.05, 4.69) is 17.5 Å². The monoisotopic (exact) mass is 329 g/mol. The van der Waals surface area contributed by atoms with E-state index in [1.165, 1.54) is 12.8 Å². The van der Waals surface area contributed by atoms with Crippen LogP contribution >= 0.6 is 0 Å². The van der Waals surface area contributed by atoms with Crippen LogP contribution in [-0.2, 0) is 0 Å². The zero-order chi connectivity index (χ0) is 17.2. The number of hydrogen-bond acceptors (Lipinski definition) is 4. The maximum atomic E-state index is 9.36. The number of piperidine rings is 1. The van der Waals surface area contributed by atoms with Crippen LogP contribution in [-0.4, -0.2) is 18.2 Å². The predicted octanol–water partition coefficient (Wildman–Crippen LogP) is 3.76. The van der Waals surface area contributed by atoms with E-state index < -0.39 is 0 Å². The first kappa shape index (κ1) is 15.7. The lowest BCUT2D eigenvalue weighted by Crippen LogP contribution is -2.42. The molecule has 2 bridgehead atoms. The summed E-state index contributed by atoms with van der Waals surface area (Å²) in [5.74, 6) is 0.754. The summed E-state index contributed by atoms with van der Waals surface area (Å²) >= 11 is 0. The van der Waals surface area contributed by atoms with Gasteiger partial charge in [0.05, 0.1) is 23.3 Å². The Morgan fingerprint density at radius 2 is 1.52 bits per heavy atom. The number of hydrogen-bond donors (Lipinski definition) is 1.